The maximum atomic E-state index is 12.4. The van der Waals surface area contributed by atoms with E-state index in [1.54, 1.807) is 7.11 Å². The van der Waals surface area contributed by atoms with Gasteiger partial charge in [-0.2, -0.15) is 0 Å². The molecule has 3 atom stereocenters. The van der Waals surface area contributed by atoms with Crippen LogP contribution in [0.25, 0.3) is 0 Å². The highest BCUT2D eigenvalue weighted by Crippen LogP contribution is 2.29. The zero-order valence-corrected chi connectivity index (χ0v) is 10.9. The van der Waals surface area contributed by atoms with Crippen LogP contribution >= 0.6 is 0 Å². The third kappa shape index (κ3) is 2.63. The highest BCUT2D eigenvalue weighted by atomic mass is 16.5. The molecule has 0 radical (unpaired) electrons. The fraction of sp³-hybridized carbons (Fsp3) is 0.923. The number of nitrogens with zero attached hydrogens (tertiary/aromatic N) is 1. The predicted molar refractivity (Wildman–Crippen MR) is 66.5 cm³/mol. The number of hydrogen-bond donors (Lipinski definition) is 1. The molecule has 2 N–H and O–H groups in total. The van der Waals surface area contributed by atoms with Crippen LogP contribution in [0.15, 0.2) is 0 Å². The molecule has 3 unspecified atom stereocenters. The zero-order valence-electron chi connectivity index (χ0n) is 10.9. The minimum Gasteiger partial charge on any atom is -0.377 e. The van der Waals surface area contributed by atoms with E-state index in [2.05, 4.69) is 6.92 Å². The lowest BCUT2D eigenvalue weighted by Crippen LogP contribution is -2.52. The molecule has 1 aliphatic carbocycles. The largest absolute Gasteiger partial charge is 0.377 e. The number of ether oxygens (including phenoxy) is 1. The van der Waals surface area contributed by atoms with Crippen LogP contribution in [0, 0.1) is 5.92 Å². The normalized spacial score (nSPS) is 38.4. The lowest BCUT2D eigenvalue weighted by molar-refractivity contribution is -0.143. The molecule has 1 saturated carbocycles. The molecular weight excluding hydrogens is 216 g/mol. The lowest BCUT2D eigenvalue weighted by Gasteiger charge is -2.40. The molecule has 1 heterocycles. The van der Waals surface area contributed by atoms with E-state index in [1.165, 1.54) is 0 Å². The van der Waals surface area contributed by atoms with E-state index >= 15 is 0 Å². The molecule has 0 aromatic heterocycles. The Bertz CT molecular complexity index is 295. The van der Waals surface area contributed by atoms with Crippen LogP contribution in [0.5, 0.6) is 0 Å². The minimum atomic E-state index is -0.170. The molecule has 2 aliphatic rings. The van der Waals surface area contributed by atoms with E-state index in [1.807, 2.05) is 4.90 Å². The van der Waals surface area contributed by atoms with Gasteiger partial charge in [-0.15, -0.1) is 0 Å². The number of nitrogens with two attached hydrogens (primary N) is 1. The van der Waals surface area contributed by atoms with Gasteiger partial charge in [0, 0.05) is 26.2 Å². The molecule has 4 nitrogen and oxygen atoms in total. The number of carbonyl (C=O) groups excluding carboxylic acids is 1. The SMILES string of the molecule is COC1(C)CCCN(C(=O)C2CCCC2N)C1. The minimum absolute atomic E-state index is 0.0502. The standard InChI is InChI=1S/C13H24N2O2/c1-13(17-2)7-4-8-15(9-13)12(16)10-5-3-6-11(10)14/h10-11H,3-9,14H2,1-2H3. The predicted octanol–water partition coefficient (Wildman–Crippen LogP) is 1.14. The maximum absolute atomic E-state index is 12.4. The van der Waals surface area contributed by atoms with E-state index in [9.17, 15) is 4.79 Å². The van der Waals surface area contributed by atoms with Crippen molar-refractivity contribution < 1.29 is 9.53 Å². The molecule has 1 amide bonds. The Labute approximate surface area is 103 Å². The highest BCUT2D eigenvalue weighted by Gasteiger charge is 2.38. The van der Waals surface area contributed by atoms with Crippen molar-refractivity contribution in [2.75, 3.05) is 20.2 Å². The summed E-state index contributed by atoms with van der Waals surface area (Å²) in [6.45, 7) is 3.66. The summed E-state index contributed by atoms with van der Waals surface area (Å²) in [4.78, 5) is 14.4. The molecule has 4 heteroatoms. The number of carbonyl (C=O) groups is 1. The molecule has 0 spiro atoms. The number of rotatable bonds is 2. The summed E-state index contributed by atoms with van der Waals surface area (Å²) < 4.78 is 5.52. The van der Waals surface area contributed by atoms with E-state index in [0.29, 0.717) is 6.54 Å². The molecule has 0 aromatic carbocycles. The Morgan fingerprint density at radius 2 is 2.18 bits per heavy atom. The number of methoxy groups -OCH3 is 1. The van der Waals surface area contributed by atoms with E-state index in [-0.39, 0.29) is 23.5 Å². The summed E-state index contributed by atoms with van der Waals surface area (Å²) in [7, 11) is 1.73. The van der Waals surface area contributed by atoms with Gasteiger partial charge >= 0.3 is 0 Å². The summed E-state index contributed by atoms with van der Waals surface area (Å²) in [5, 5.41) is 0. The van der Waals surface area contributed by atoms with Crippen LogP contribution in [0.4, 0.5) is 0 Å². The van der Waals surface area contributed by atoms with Crippen LogP contribution in [-0.2, 0) is 9.53 Å². The molecule has 2 fully saturated rings. The van der Waals surface area contributed by atoms with Gasteiger partial charge in [0.25, 0.3) is 0 Å². The zero-order chi connectivity index (χ0) is 12.5. The smallest absolute Gasteiger partial charge is 0.227 e. The third-order valence-corrected chi connectivity index (χ3v) is 4.35. The van der Waals surface area contributed by atoms with Gasteiger partial charge in [-0.05, 0) is 32.6 Å². The molecule has 1 aliphatic heterocycles. The fourth-order valence-electron chi connectivity index (χ4n) is 3.09. The van der Waals surface area contributed by atoms with Crippen molar-refractivity contribution in [2.45, 2.75) is 50.7 Å². The topological polar surface area (TPSA) is 55.6 Å². The van der Waals surface area contributed by atoms with Crippen LogP contribution in [-0.4, -0.2) is 42.6 Å². The van der Waals surface area contributed by atoms with Crippen molar-refractivity contribution >= 4 is 5.91 Å². The van der Waals surface area contributed by atoms with Crippen molar-refractivity contribution in [1.82, 2.24) is 4.90 Å². The Morgan fingerprint density at radius 1 is 1.41 bits per heavy atom. The van der Waals surface area contributed by atoms with Crippen molar-refractivity contribution in [3.05, 3.63) is 0 Å². The van der Waals surface area contributed by atoms with Crippen molar-refractivity contribution in [2.24, 2.45) is 11.7 Å². The molecule has 2 rings (SSSR count). The van der Waals surface area contributed by atoms with Gasteiger partial charge < -0.3 is 15.4 Å². The quantitative estimate of drug-likeness (QED) is 0.787. The average Bonchev–Trinajstić information content (AvgIpc) is 2.75. The van der Waals surface area contributed by atoms with E-state index < -0.39 is 0 Å². The van der Waals surface area contributed by atoms with Crippen LogP contribution in [0.2, 0.25) is 0 Å². The Hall–Kier alpha value is -0.610. The first kappa shape index (κ1) is 12.8. The van der Waals surface area contributed by atoms with Crippen molar-refractivity contribution in [3.8, 4) is 0 Å². The van der Waals surface area contributed by atoms with Crippen LogP contribution < -0.4 is 5.73 Å². The maximum Gasteiger partial charge on any atom is 0.227 e. The van der Waals surface area contributed by atoms with Crippen LogP contribution in [0.1, 0.15) is 39.0 Å². The monoisotopic (exact) mass is 240 g/mol. The van der Waals surface area contributed by atoms with Gasteiger partial charge in [0.15, 0.2) is 0 Å². The molecule has 0 bridgehead atoms. The highest BCUT2D eigenvalue weighted by molar-refractivity contribution is 5.80. The summed E-state index contributed by atoms with van der Waals surface area (Å²) in [5.74, 6) is 0.298. The number of likely N-dealkylation sites (tertiary alicyclic amines) is 1. The third-order valence-electron chi connectivity index (χ3n) is 4.35. The lowest BCUT2D eigenvalue weighted by atomic mass is 9.92. The number of hydrogen-bond acceptors (Lipinski definition) is 3. The first-order valence-corrected chi connectivity index (χ1v) is 6.65. The Morgan fingerprint density at radius 3 is 2.76 bits per heavy atom. The first-order chi connectivity index (χ1) is 8.06. The van der Waals surface area contributed by atoms with Crippen molar-refractivity contribution in [1.29, 1.82) is 0 Å². The number of amides is 1. The van der Waals surface area contributed by atoms with Gasteiger partial charge in [0.2, 0.25) is 5.91 Å². The summed E-state index contributed by atoms with van der Waals surface area (Å²) >= 11 is 0. The second-order valence-corrected chi connectivity index (χ2v) is 5.72. The molecule has 17 heavy (non-hydrogen) atoms. The van der Waals surface area contributed by atoms with Gasteiger partial charge in [0.1, 0.15) is 0 Å². The summed E-state index contributed by atoms with van der Waals surface area (Å²) in [5.41, 5.74) is 5.84. The van der Waals surface area contributed by atoms with E-state index in [4.69, 9.17) is 10.5 Å². The fourth-order valence-corrected chi connectivity index (χ4v) is 3.09. The van der Waals surface area contributed by atoms with Crippen LogP contribution in [0.3, 0.4) is 0 Å². The Balaban J connectivity index is 1.99. The van der Waals surface area contributed by atoms with Gasteiger partial charge in [0.05, 0.1) is 11.5 Å². The molecule has 98 valence electrons. The first-order valence-electron chi connectivity index (χ1n) is 6.65. The summed E-state index contributed by atoms with van der Waals surface area (Å²) in [6.07, 6.45) is 5.10. The second-order valence-electron chi connectivity index (χ2n) is 5.72. The molecular formula is C13H24N2O2. The van der Waals surface area contributed by atoms with E-state index in [0.717, 1.165) is 38.6 Å². The average molecular weight is 240 g/mol. The second kappa shape index (κ2) is 4.94. The van der Waals surface area contributed by atoms with Crippen molar-refractivity contribution in [3.63, 3.8) is 0 Å². The number of piperidine rings is 1. The van der Waals surface area contributed by atoms with Gasteiger partial charge in [-0.1, -0.05) is 6.42 Å². The van der Waals surface area contributed by atoms with Gasteiger partial charge in [-0.3, -0.25) is 4.79 Å². The molecule has 0 aromatic rings. The Kier molecular flexibility index (Phi) is 3.73. The molecule has 1 saturated heterocycles. The van der Waals surface area contributed by atoms with Gasteiger partial charge in [-0.25, -0.2) is 0 Å². The summed E-state index contributed by atoms with van der Waals surface area (Å²) in [6, 6.07) is 0.0678.